The van der Waals surface area contributed by atoms with E-state index in [1.807, 2.05) is 0 Å². The Labute approximate surface area is 110 Å². The molecule has 2 aliphatic rings. The molecular formula is C12H19N5O2. The molecule has 3 rings (SSSR count). The lowest BCUT2D eigenvalue weighted by Crippen LogP contribution is -2.53. The summed E-state index contributed by atoms with van der Waals surface area (Å²) in [6, 6.07) is 1.43. The van der Waals surface area contributed by atoms with Crippen LogP contribution in [-0.4, -0.2) is 45.3 Å². The van der Waals surface area contributed by atoms with Crippen LogP contribution in [0, 0.1) is 0 Å². The molecule has 0 amide bonds. The minimum absolute atomic E-state index is 0.215. The van der Waals surface area contributed by atoms with Crippen molar-refractivity contribution >= 4 is 5.82 Å². The van der Waals surface area contributed by atoms with Crippen LogP contribution in [0.5, 0.6) is 0 Å². The Morgan fingerprint density at radius 3 is 2.58 bits per heavy atom. The minimum atomic E-state index is -0.573. The molecule has 104 valence electrons. The second-order valence-electron chi connectivity index (χ2n) is 5.57. The van der Waals surface area contributed by atoms with Gasteiger partial charge in [-0.05, 0) is 32.7 Å². The van der Waals surface area contributed by atoms with Gasteiger partial charge in [0.05, 0.1) is 0 Å². The molecule has 7 heteroatoms. The molecule has 0 aromatic carbocycles. The van der Waals surface area contributed by atoms with Gasteiger partial charge in [-0.3, -0.25) is 9.78 Å². The summed E-state index contributed by atoms with van der Waals surface area (Å²) in [7, 11) is 2.19. The fraction of sp³-hybridized carbons (Fsp3) is 0.750. The molecule has 2 saturated heterocycles. The average molecular weight is 265 g/mol. The molecule has 0 aliphatic carbocycles. The van der Waals surface area contributed by atoms with Gasteiger partial charge in [-0.15, -0.1) is 5.10 Å². The number of nitrogens with one attached hydrogen (secondary N) is 3. The van der Waals surface area contributed by atoms with Gasteiger partial charge in [-0.1, -0.05) is 6.42 Å². The number of aromatic nitrogens is 3. The molecule has 19 heavy (non-hydrogen) atoms. The van der Waals surface area contributed by atoms with Crippen LogP contribution in [0.3, 0.4) is 0 Å². The monoisotopic (exact) mass is 265 g/mol. The predicted molar refractivity (Wildman–Crippen MR) is 71.3 cm³/mol. The molecule has 1 aromatic rings. The quantitative estimate of drug-likeness (QED) is 0.693. The van der Waals surface area contributed by atoms with Crippen molar-refractivity contribution in [3.8, 4) is 0 Å². The maximum atomic E-state index is 11.6. The Bertz CT molecular complexity index is 552. The number of hydrogen-bond donors (Lipinski definition) is 3. The molecular weight excluding hydrogens is 246 g/mol. The van der Waals surface area contributed by atoms with Crippen LogP contribution in [-0.2, 0) is 0 Å². The normalized spacial score (nSPS) is 31.1. The smallest absolute Gasteiger partial charge is 0.342 e. The standard InChI is InChI=1S/C12H19N5O2/c1-17-8-3-2-4-9(17)6-7(5-8)13-10-11(18)14-12(19)16-15-10/h7-9H,2-6H2,1H3,(H,13,15)(H2,14,16,18,19). The SMILES string of the molecule is CN1C2CCCC1CC(Nc1n[nH]c(=O)[nH]c1=O)C2. The van der Waals surface area contributed by atoms with Crippen molar-refractivity contribution in [1.82, 2.24) is 20.1 Å². The van der Waals surface area contributed by atoms with Gasteiger partial charge in [0.15, 0.2) is 0 Å². The molecule has 7 nitrogen and oxygen atoms in total. The second-order valence-corrected chi connectivity index (χ2v) is 5.57. The summed E-state index contributed by atoms with van der Waals surface area (Å²) in [6.45, 7) is 0. The van der Waals surface area contributed by atoms with Crippen LogP contribution in [0.15, 0.2) is 9.59 Å². The first-order valence-corrected chi connectivity index (χ1v) is 6.81. The molecule has 2 aliphatic heterocycles. The van der Waals surface area contributed by atoms with Crippen LogP contribution in [0.25, 0.3) is 0 Å². The Kier molecular flexibility index (Phi) is 3.14. The zero-order valence-corrected chi connectivity index (χ0v) is 11.0. The van der Waals surface area contributed by atoms with Crippen molar-refractivity contribution in [3.63, 3.8) is 0 Å². The largest absolute Gasteiger partial charge is 0.361 e. The van der Waals surface area contributed by atoms with Gasteiger partial charge in [0, 0.05) is 18.1 Å². The number of anilines is 1. The van der Waals surface area contributed by atoms with Crippen molar-refractivity contribution in [2.75, 3.05) is 12.4 Å². The third-order valence-corrected chi connectivity index (χ3v) is 4.39. The first-order chi connectivity index (χ1) is 9.13. The van der Waals surface area contributed by atoms with Crippen LogP contribution >= 0.6 is 0 Å². The molecule has 2 atom stereocenters. The molecule has 2 unspecified atom stereocenters. The summed E-state index contributed by atoms with van der Waals surface area (Å²) in [6.07, 6.45) is 5.78. The number of fused-ring (bicyclic) bond motifs is 2. The third kappa shape index (κ3) is 2.42. The third-order valence-electron chi connectivity index (χ3n) is 4.39. The highest BCUT2D eigenvalue weighted by atomic mass is 16.2. The highest BCUT2D eigenvalue weighted by molar-refractivity contribution is 5.31. The maximum Gasteiger partial charge on any atom is 0.342 e. The topological polar surface area (TPSA) is 93.9 Å². The first-order valence-electron chi connectivity index (χ1n) is 6.81. The van der Waals surface area contributed by atoms with E-state index in [-0.39, 0.29) is 11.9 Å². The van der Waals surface area contributed by atoms with Gasteiger partial charge in [0.1, 0.15) is 0 Å². The zero-order valence-electron chi connectivity index (χ0n) is 11.0. The van der Waals surface area contributed by atoms with E-state index in [9.17, 15) is 9.59 Å². The highest BCUT2D eigenvalue weighted by Gasteiger charge is 2.36. The van der Waals surface area contributed by atoms with Crippen molar-refractivity contribution in [1.29, 1.82) is 0 Å². The van der Waals surface area contributed by atoms with E-state index < -0.39 is 11.2 Å². The van der Waals surface area contributed by atoms with Gasteiger partial charge < -0.3 is 10.2 Å². The van der Waals surface area contributed by atoms with Gasteiger partial charge >= 0.3 is 5.69 Å². The Morgan fingerprint density at radius 1 is 1.26 bits per heavy atom. The van der Waals surface area contributed by atoms with Gasteiger partial charge in [-0.25, -0.2) is 9.89 Å². The first kappa shape index (κ1) is 12.4. The van der Waals surface area contributed by atoms with Gasteiger partial charge in [0.25, 0.3) is 5.56 Å². The van der Waals surface area contributed by atoms with E-state index in [2.05, 4.69) is 32.4 Å². The molecule has 2 fully saturated rings. The lowest BCUT2D eigenvalue weighted by atomic mass is 9.82. The van der Waals surface area contributed by atoms with Crippen LogP contribution < -0.4 is 16.6 Å². The number of hydrogen-bond acceptors (Lipinski definition) is 5. The summed E-state index contributed by atoms with van der Waals surface area (Å²) in [5.74, 6) is 0.215. The predicted octanol–water partition coefficient (Wildman–Crippen LogP) is -0.115. The number of aromatic amines is 2. The Morgan fingerprint density at radius 2 is 1.95 bits per heavy atom. The molecule has 1 aromatic heterocycles. The molecule has 0 saturated carbocycles. The average Bonchev–Trinajstić information content (AvgIpc) is 2.34. The van der Waals surface area contributed by atoms with Crippen molar-refractivity contribution < 1.29 is 0 Å². The summed E-state index contributed by atoms with van der Waals surface area (Å²) < 4.78 is 0. The van der Waals surface area contributed by atoms with E-state index in [0.717, 1.165) is 12.8 Å². The van der Waals surface area contributed by atoms with E-state index in [1.54, 1.807) is 0 Å². The zero-order chi connectivity index (χ0) is 13.4. The Hall–Kier alpha value is -1.63. The van der Waals surface area contributed by atoms with Gasteiger partial charge in [0.2, 0.25) is 5.82 Å². The summed E-state index contributed by atoms with van der Waals surface area (Å²) in [4.78, 5) is 27.2. The molecule has 0 spiro atoms. The molecule has 3 N–H and O–H groups in total. The van der Waals surface area contributed by atoms with E-state index >= 15 is 0 Å². The molecule has 2 bridgehead atoms. The van der Waals surface area contributed by atoms with Crippen LogP contribution in [0.1, 0.15) is 32.1 Å². The highest BCUT2D eigenvalue weighted by Crippen LogP contribution is 2.33. The molecule has 3 heterocycles. The molecule has 0 radical (unpaired) electrons. The fourth-order valence-corrected chi connectivity index (χ4v) is 3.37. The second kappa shape index (κ2) is 4.80. The fourth-order valence-electron chi connectivity index (χ4n) is 3.37. The lowest BCUT2D eigenvalue weighted by molar-refractivity contribution is 0.0607. The lowest BCUT2D eigenvalue weighted by Gasteiger charge is -2.47. The number of H-pyrrole nitrogens is 2. The van der Waals surface area contributed by atoms with Crippen molar-refractivity contribution in [2.24, 2.45) is 0 Å². The number of piperidine rings is 2. The summed E-state index contributed by atoms with van der Waals surface area (Å²) in [5.41, 5.74) is -1.02. The van der Waals surface area contributed by atoms with Crippen molar-refractivity contribution in [2.45, 2.75) is 50.2 Å². The van der Waals surface area contributed by atoms with E-state index in [0.29, 0.717) is 12.1 Å². The van der Waals surface area contributed by atoms with Gasteiger partial charge in [-0.2, -0.15) is 0 Å². The van der Waals surface area contributed by atoms with E-state index in [4.69, 9.17) is 0 Å². The number of rotatable bonds is 2. The maximum absolute atomic E-state index is 11.6. The minimum Gasteiger partial charge on any atom is -0.361 e. The van der Waals surface area contributed by atoms with E-state index in [1.165, 1.54) is 19.3 Å². The summed E-state index contributed by atoms with van der Waals surface area (Å²) >= 11 is 0. The van der Waals surface area contributed by atoms with Crippen molar-refractivity contribution in [3.05, 3.63) is 20.8 Å². The summed E-state index contributed by atoms with van der Waals surface area (Å²) in [5, 5.41) is 9.21. The van der Waals surface area contributed by atoms with Crippen LogP contribution in [0.2, 0.25) is 0 Å². The number of nitrogens with zero attached hydrogens (tertiary/aromatic N) is 2. The van der Waals surface area contributed by atoms with Crippen LogP contribution in [0.4, 0.5) is 5.82 Å². The Balaban J connectivity index is 1.74.